The minimum Gasteiger partial charge on any atom is -0.392 e. The van der Waals surface area contributed by atoms with Gasteiger partial charge in [0.15, 0.2) is 0 Å². The van der Waals surface area contributed by atoms with E-state index >= 15 is 0 Å². The van der Waals surface area contributed by atoms with E-state index in [1.54, 1.807) is 6.07 Å². The molecule has 2 aliphatic rings. The van der Waals surface area contributed by atoms with Gasteiger partial charge in [0, 0.05) is 36.3 Å². The van der Waals surface area contributed by atoms with Crippen molar-refractivity contribution in [1.29, 1.82) is 0 Å². The maximum atomic E-state index is 12.5. The first kappa shape index (κ1) is 13.7. The second-order valence-corrected chi connectivity index (χ2v) is 6.36. The van der Waals surface area contributed by atoms with E-state index in [2.05, 4.69) is 17.4 Å². The molecule has 2 aromatic rings. The molecule has 22 heavy (non-hydrogen) atoms. The number of hydrogen-bond acceptors (Lipinski definition) is 3. The molecule has 0 radical (unpaired) electrons. The average Bonchev–Trinajstić information content (AvgIpc) is 2.56. The Labute approximate surface area is 129 Å². The lowest BCUT2D eigenvalue weighted by atomic mass is 9.80. The molecular weight excluding hydrogens is 276 g/mol. The Hall–Kier alpha value is -1.91. The van der Waals surface area contributed by atoms with Crippen LogP contribution in [0.3, 0.4) is 0 Å². The number of benzene rings is 1. The fourth-order valence-electron chi connectivity index (χ4n) is 4.03. The van der Waals surface area contributed by atoms with Gasteiger partial charge >= 0.3 is 0 Å². The van der Waals surface area contributed by atoms with Gasteiger partial charge in [-0.15, -0.1) is 0 Å². The molecule has 0 spiro atoms. The van der Waals surface area contributed by atoms with E-state index in [1.165, 1.54) is 0 Å². The Morgan fingerprint density at radius 2 is 2.05 bits per heavy atom. The molecule has 1 saturated heterocycles. The molecule has 0 saturated carbocycles. The van der Waals surface area contributed by atoms with Crippen molar-refractivity contribution in [2.75, 3.05) is 13.1 Å². The summed E-state index contributed by atoms with van der Waals surface area (Å²) in [5, 5.41) is 13.3. The molecular formula is C18H20N2O2. The van der Waals surface area contributed by atoms with Gasteiger partial charge in [0.1, 0.15) is 0 Å². The monoisotopic (exact) mass is 296 g/mol. The summed E-state index contributed by atoms with van der Waals surface area (Å²) in [6.07, 6.45) is 1.13. The number of aromatic nitrogens is 1. The van der Waals surface area contributed by atoms with E-state index < -0.39 is 0 Å². The highest BCUT2D eigenvalue weighted by Crippen LogP contribution is 2.39. The van der Waals surface area contributed by atoms with Crippen molar-refractivity contribution < 1.29 is 5.11 Å². The number of nitrogens with zero attached hydrogens (tertiary/aromatic N) is 1. The lowest BCUT2D eigenvalue weighted by molar-refractivity contribution is 0.254. The standard InChI is InChI=1S/C18H20N2O2/c21-11-15-7-16(22)20-10-12-6-14(9-19-8-12)18(20)17(15)13-4-2-1-3-5-13/h1-5,7,12,14,19,21H,6,8-11H2. The lowest BCUT2D eigenvalue weighted by Crippen LogP contribution is -2.45. The molecule has 2 aliphatic heterocycles. The van der Waals surface area contributed by atoms with Gasteiger partial charge in [0.25, 0.3) is 5.56 Å². The second-order valence-electron chi connectivity index (χ2n) is 6.36. The zero-order valence-corrected chi connectivity index (χ0v) is 12.5. The highest BCUT2D eigenvalue weighted by molar-refractivity contribution is 5.70. The molecule has 0 aliphatic carbocycles. The highest BCUT2D eigenvalue weighted by atomic mass is 16.3. The average molecular weight is 296 g/mol. The molecule has 3 heterocycles. The van der Waals surface area contributed by atoms with Crippen LogP contribution in [0.2, 0.25) is 0 Å². The number of piperidine rings is 1. The lowest BCUT2D eigenvalue weighted by Gasteiger charge is -2.39. The molecule has 2 atom stereocenters. The van der Waals surface area contributed by atoms with Crippen LogP contribution in [-0.2, 0) is 13.2 Å². The summed E-state index contributed by atoms with van der Waals surface area (Å²) in [6.45, 7) is 2.58. The van der Waals surface area contributed by atoms with Crippen molar-refractivity contribution in [2.45, 2.75) is 25.5 Å². The van der Waals surface area contributed by atoms with Crippen LogP contribution in [0.25, 0.3) is 11.1 Å². The first-order valence-electron chi connectivity index (χ1n) is 7.91. The summed E-state index contributed by atoms with van der Waals surface area (Å²) >= 11 is 0. The summed E-state index contributed by atoms with van der Waals surface area (Å²) in [5.74, 6) is 0.884. The van der Waals surface area contributed by atoms with E-state index in [0.29, 0.717) is 11.8 Å². The smallest absolute Gasteiger partial charge is 0.251 e. The van der Waals surface area contributed by atoms with Crippen molar-refractivity contribution in [2.24, 2.45) is 5.92 Å². The Bertz CT molecular complexity index is 752. The van der Waals surface area contributed by atoms with Gasteiger partial charge in [-0.2, -0.15) is 0 Å². The Morgan fingerprint density at radius 1 is 1.23 bits per heavy atom. The first-order chi connectivity index (χ1) is 10.8. The molecule has 2 bridgehead atoms. The molecule has 114 valence electrons. The predicted molar refractivity (Wildman–Crippen MR) is 85.8 cm³/mol. The summed E-state index contributed by atoms with van der Waals surface area (Å²) in [7, 11) is 0. The second kappa shape index (κ2) is 5.38. The number of aliphatic hydroxyl groups is 1. The normalized spacial score (nSPS) is 23.1. The van der Waals surface area contributed by atoms with Crippen molar-refractivity contribution >= 4 is 0 Å². The van der Waals surface area contributed by atoms with E-state index in [9.17, 15) is 9.90 Å². The van der Waals surface area contributed by atoms with Crippen molar-refractivity contribution in [1.82, 2.24) is 9.88 Å². The Kier molecular flexibility index (Phi) is 3.36. The third-order valence-electron chi connectivity index (χ3n) is 4.93. The Balaban J connectivity index is 2.01. The van der Waals surface area contributed by atoms with Gasteiger partial charge in [0.05, 0.1) is 6.61 Å². The molecule has 1 fully saturated rings. The van der Waals surface area contributed by atoms with Crippen molar-refractivity contribution in [3.05, 3.63) is 58.0 Å². The van der Waals surface area contributed by atoms with Crippen LogP contribution in [0.15, 0.2) is 41.2 Å². The maximum absolute atomic E-state index is 12.5. The molecule has 4 rings (SSSR count). The van der Waals surface area contributed by atoms with E-state index in [0.717, 1.165) is 48.4 Å². The van der Waals surface area contributed by atoms with E-state index in [-0.39, 0.29) is 12.2 Å². The maximum Gasteiger partial charge on any atom is 0.251 e. The van der Waals surface area contributed by atoms with Crippen LogP contribution in [0.1, 0.15) is 23.6 Å². The first-order valence-corrected chi connectivity index (χ1v) is 7.91. The SMILES string of the molecule is O=c1cc(CO)c(-c2ccccc2)c2n1CC1CNCC2C1. The van der Waals surface area contributed by atoms with Crippen LogP contribution in [0.5, 0.6) is 0 Å². The number of fused-ring (bicyclic) bond motifs is 4. The largest absolute Gasteiger partial charge is 0.392 e. The number of hydrogen-bond donors (Lipinski definition) is 2. The third kappa shape index (κ3) is 2.11. The van der Waals surface area contributed by atoms with Crippen LogP contribution in [0.4, 0.5) is 0 Å². The fourth-order valence-corrected chi connectivity index (χ4v) is 4.03. The van der Waals surface area contributed by atoms with Crippen LogP contribution >= 0.6 is 0 Å². The van der Waals surface area contributed by atoms with Crippen LogP contribution < -0.4 is 10.9 Å². The molecule has 4 nitrogen and oxygen atoms in total. The molecule has 1 aromatic heterocycles. The van der Waals surface area contributed by atoms with E-state index in [4.69, 9.17) is 0 Å². The minimum atomic E-state index is -0.100. The van der Waals surface area contributed by atoms with Crippen LogP contribution in [0, 0.1) is 5.92 Å². The van der Waals surface area contributed by atoms with Gasteiger partial charge in [-0.1, -0.05) is 30.3 Å². The topological polar surface area (TPSA) is 54.3 Å². The van der Waals surface area contributed by atoms with E-state index in [1.807, 2.05) is 22.8 Å². The molecule has 4 heteroatoms. The van der Waals surface area contributed by atoms with Crippen LogP contribution in [-0.4, -0.2) is 22.8 Å². The molecule has 2 N–H and O–H groups in total. The van der Waals surface area contributed by atoms with Gasteiger partial charge in [0.2, 0.25) is 0 Å². The number of pyridine rings is 1. The zero-order chi connectivity index (χ0) is 15.1. The number of nitrogens with one attached hydrogen (secondary N) is 1. The third-order valence-corrected chi connectivity index (χ3v) is 4.93. The van der Waals surface area contributed by atoms with Gasteiger partial charge < -0.3 is 15.0 Å². The highest BCUT2D eigenvalue weighted by Gasteiger charge is 2.33. The molecule has 2 unspecified atom stereocenters. The molecule has 1 aromatic carbocycles. The Morgan fingerprint density at radius 3 is 2.82 bits per heavy atom. The fraction of sp³-hybridized carbons (Fsp3) is 0.389. The predicted octanol–water partition coefficient (Wildman–Crippen LogP) is 1.71. The molecule has 0 amide bonds. The van der Waals surface area contributed by atoms with Gasteiger partial charge in [-0.05, 0) is 30.0 Å². The van der Waals surface area contributed by atoms with Crippen molar-refractivity contribution in [3.63, 3.8) is 0 Å². The van der Waals surface area contributed by atoms with Gasteiger partial charge in [-0.25, -0.2) is 0 Å². The minimum absolute atomic E-state index is 0.0235. The summed E-state index contributed by atoms with van der Waals surface area (Å²) in [6, 6.07) is 11.7. The summed E-state index contributed by atoms with van der Waals surface area (Å²) in [4.78, 5) is 12.5. The summed E-state index contributed by atoms with van der Waals surface area (Å²) < 4.78 is 1.95. The zero-order valence-electron chi connectivity index (χ0n) is 12.5. The number of rotatable bonds is 2. The number of aliphatic hydroxyl groups excluding tert-OH is 1. The summed E-state index contributed by atoms with van der Waals surface area (Å²) in [5.41, 5.74) is 4.00. The van der Waals surface area contributed by atoms with Gasteiger partial charge in [-0.3, -0.25) is 4.79 Å². The van der Waals surface area contributed by atoms with Crippen molar-refractivity contribution in [3.8, 4) is 11.1 Å². The quantitative estimate of drug-likeness (QED) is 0.887.